The van der Waals surface area contributed by atoms with Crippen molar-refractivity contribution in [2.45, 2.75) is 6.92 Å². The number of aromatic nitrogens is 4. The number of benzene rings is 3. The Morgan fingerprint density at radius 3 is 2.33 bits per heavy atom. The first kappa shape index (κ1) is 20.5. The van der Waals surface area contributed by atoms with Crippen LogP contribution in [0.15, 0.2) is 91.5 Å². The van der Waals surface area contributed by atoms with E-state index in [1.165, 1.54) is 11.1 Å². The minimum absolute atomic E-state index is 0.785. The lowest BCUT2D eigenvalue weighted by Gasteiger charge is -2.09. The Kier molecular flexibility index (Phi) is 5.60. The number of hydrogen-bond donors (Lipinski definition) is 1. The van der Waals surface area contributed by atoms with Crippen molar-refractivity contribution in [3.63, 3.8) is 0 Å². The van der Waals surface area contributed by atoms with Gasteiger partial charge in [0.05, 0.1) is 36.7 Å². The number of nitrogens with one attached hydrogen (secondary N) is 1. The third-order valence-corrected chi connectivity index (χ3v) is 5.53. The van der Waals surface area contributed by atoms with Crippen molar-refractivity contribution in [1.29, 1.82) is 0 Å². The average Bonchev–Trinajstić information content (AvgIpc) is 3.52. The summed E-state index contributed by atoms with van der Waals surface area (Å²) in [4.78, 5) is 12.2. The molecule has 5 rings (SSSR count). The monoisotopic (exact) mass is 432 g/mol. The third-order valence-electron chi connectivity index (χ3n) is 5.53. The second kappa shape index (κ2) is 9.01. The summed E-state index contributed by atoms with van der Waals surface area (Å²) in [7, 11) is 1.68. The van der Waals surface area contributed by atoms with Crippen LogP contribution in [0.1, 0.15) is 17.1 Å². The number of H-pyrrole nitrogens is 1. The van der Waals surface area contributed by atoms with Gasteiger partial charge in [-0.2, -0.15) is 0 Å². The molecule has 5 aromatic rings. The van der Waals surface area contributed by atoms with Crippen LogP contribution in [0.3, 0.4) is 0 Å². The number of ether oxygens (including phenoxy) is 1. The predicted molar refractivity (Wildman–Crippen MR) is 133 cm³/mol. The van der Waals surface area contributed by atoms with E-state index in [9.17, 15) is 0 Å². The Hall–Kier alpha value is -4.38. The van der Waals surface area contributed by atoms with E-state index in [0.717, 1.165) is 39.8 Å². The van der Waals surface area contributed by atoms with Crippen molar-refractivity contribution < 1.29 is 4.74 Å². The molecule has 0 radical (unpaired) electrons. The summed E-state index contributed by atoms with van der Waals surface area (Å²) in [6, 6.07) is 25.0. The molecule has 0 aliphatic rings. The molecule has 0 unspecified atom stereocenters. The van der Waals surface area contributed by atoms with E-state index in [2.05, 4.69) is 69.5 Å². The molecule has 0 atom stereocenters. The molecular weight excluding hydrogens is 408 g/mol. The third kappa shape index (κ3) is 4.48. The highest BCUT2D eigenvalue weighted by atomic mass is 16.5. The summed E-state index contributed by atoms with van der Waals surface area (Å²) >= 11 is 0. The van der Waals surface area contributed by atoms with E-state index in [4.69, 9.17) is 4.74 Å². The number of methoxy groups -OCH3 is 1. The molecule has 0 saturated carbocycles. The van der Waals surface area contributed by atoms with E-state index in [-0.39, 0.29) is 0 Å². The Bertz CT molecular complexity index is 1400. The Balaban J connectivity index is 1.33. The quantitative estimate of drug-likeness (QED) is 0.337. The van der Waals surface area contributed by atoms with Crippen LogP contribution in [-0.2, 0) is 0 Å². The first-order valence-corrected chi connectivity index (χ1v) is 10.8. The molecule has 2 heterocycles. The van der Waals surface area contributed by atoms with E-state index in [0.29, 0.717) is 0 Å². The lowest BCUT2D eigenvalue weighted by Crippen LogP contribution is -1.95. The zero-order valence-electron chi connectivity index (χ0n) is 18.6. The number of aryl methyl sites for hydroxylation is 1. The van der Waals surface area contributed by atoms with Gasteiger partial charge in [0.15, 0.2) is 0 Å². The fourth-order valence-electron chi connectivity index (χ4n) is 3.78. The predicted octanol–water partition coefficient (Wildman–Crippen LogP) is 6.42. The van der Waals surface area contributed by atoms with Crippen LogP contribution < -0.4 is 4.74 Å². The van der Waals surface area contributed by atoms with Crippen LogP contribution in [0.4, 0.5) is 0 Å². The van der Waals surface area contributed by atoms with Crippen molar-refractivity contribution in [1.82, 2.24) is 19.5 Å². The molecule has 2 aromatic heterocycles. The first-order chi connectivity index (χ1) is 16.2. The van der Waals surface area contributed by atoms with Crippen LogP contribution in [0.2, 0.25) is 0 Å². The fraction of sp³-hybridized carbons (Fsp3) is 0.0714. The molecule has 0 fully saturated rings. The topological polar surface area (TPSA) is 55.7 Å². The molecule has 33 heavy (non-hydrogen) atoms. The Morgan fingerprint density at radius 1 is 0.848 bits per heavy atom. The highest BCUT2D eigenvalue weighted by Gasteiger charge is 2.07. The van der Waals surface area contributed by atoms with Crippen LogP contribution in [0.5, 0.6) is 5.75 Å². The van der Waals surface area contributed by atoms with Crippen LogP contribution in [0, 0.1) is 6.92 Å². The fourth-order valence-corrected chi connectivity index (χ4v) is 3.78. The summed E-state index contributed by atoms with van der Waals surface area (Å²) in [6.45, 7) is 1.97. The van der Waals surface area contributed by atoms with Crippen LogP contribution in [0.25, 0.3) is 40.2 Å². The summed E-state index contributed by atoms with van der Waals surface area (Å²) < 4.78 is 7.56. The number of nitrogens with zero attached hydrogens (tertiary/aromatic N) is 3. The minimum atomic E-state index is 0.785. The van der Waals surface area contributed by atoms with Gasteiger partial charge in [0.1, 0.15) is 11.6 Å². The van der Waals surface area contributed by atoms with E-state index < -0.39 is 0 Å². The van der Waals surface area contributed by atoms with Crippen molar-refractivity contribution >= 4 is 12.2 Å². The molecule has 162 valence electrons. The molecule has 0 bridgehead atoms. The lowest BCUT2D eigenvalue weighted by atomic mass is 10.0. The molecule has 0 aliphatic heterocycles. The lowest BCUT2D eigenvalue weighted by molar-refractivity contribution is 0.413. The van der Waals surface area contributed by atoms with E-state index in [1.54, 1.807) is 13.4 Å². The van der Waals surface area contributed by atoms with Gasteiger partial charge in [0, 0.05) is 6.20 Å². The van der Waals surface area contributed by atoms with Crippen molar-refractivity contribution in [3.8, 4) is 33.8 Å². The highest BCUT2D eigenvalue weighted by Crippen LogP contribution is 2.26. The summed E-state index contributed by atoms with van der Waals surface area (Å²) in [6.07, 6.45) is 9.62. The van der Waals surface area contributed by atoms with Crippen molar-refractivity contribution in [2.24, 2.45) is 0 Å². The number of hydrogen-bond acceptors (Lipinski definition) is 3. The van der Waals surface area contributed by atoms with Crippen molar-refractivity contribution in [3.05, 3.63) is 109 Å². The summed E-state index contributed by atoms with van der Waals surface area (Å²) in [5, 5.41) is 0. The smallest absolute Gasteiger partial charge is 0.143 e. The molecule has 0 aliphatic carbocycles. The summed E-state index contributed by atoms with van der Waals surface area (Å²) in [5.41, 5.74) is 7.43. The maximum absolute atomic E-state index is 5.60. The maximum atomic E-state index is 5.60. The second-order valence-corrected chi connectivity index (χ2v) is 7.81. The second-order valence-electron chi connectivity index (χ2n) is 7.81. The first-order valence-electron chi connectivity index (χ1n) is 10.8. The zero-order valence-corrected chi connectivity index (χ0v) is 18.6. The zero-order chi connectivity index (χ0) is 22.6. The maximum Gasteiger partial charge on any atom is 0.143 e. The van der Waals surface area contributed by atoms with Gasteiger partial charge in [0.2, 0.25) is 0 Å². The van der Waals surface area contributed by atoms with E-state index in [1.807, 2.05) is 54.2 Å². The largest absolute Gasteiger partial charge is 0.495 e. The Morgan fingerprint density at radius 2 is 1.61 bits per heavy atom. The van der Waals surface area contributed by atoms with Gasteiger partial charge in [-0.05, 0) is 47.4 Å². The SMILES string of the molecule is COc1cc(/C=C/c2ncc(-c3ccc(-c4ccccc4)cc3)[nH]2)ccc1-n1cnc(C)c1. The van der Waals surface area contributed by atoms with Gasteiger partial charge in [-0.3, -0.25) is 0 Å². The Labute approximate surface area is 193 Å². The molecule has 5 nitrogen and oxygen atoms in total. The molecule has 5 heteroatoms. The summed E-state index contributed by atoms with van der Waals surface area (Å²) in [5.74, 6) is 1.58. The normalized spacial score (nSPS) is 11.2. The number of imidazole rings is 2. The molecule has 1 N–H and O–H groups in total. The van der Waals surface area contributed by atoms with Crippen molar-refractivity contribution in [2.75, 3.05) is 7.11 Å². The molecule has 0 saturated heterocycles. The van der Waals surface area contributed by atoms with Gasteiger partial charge in [-0.15, -0.1) is 0 Å². The van der Waals surface area contributed by atoms with Gasteiger partial charge in [-0.25, -0.2) is 9.97 Å². The number of rotatable bonds is 6. The highest BCUT2D eigenvalue weighted by molar-refractivity contribution is 5.72. The standard InChI is InChI=1S/C28H24N4O/c1-20-18-32(19-30-20)26-14-8-21(16-27(26)33-2)9-15-28-29-17-25(31-28)24-12-10-23(11-13-24)22-6-4-3-5-7-22/h3-19H,1-2H3,(H,29,31)/b15-9+. The molecule has 3 aromatic carbocycles. The average molecular weight is 433 g/mol. The van der Waals surface area contributed by atoms with Gasteiger partial charge in [0.25, 0.3) is 0 Å². The van der Waals surface area contributed by atoms with Crippen LogP contribution in [-0.4, -0.2) is 26.6 Å². The minimum Gasteiger partial charge on any atom is -0.495 e. The molecular formula is C28H24N4O. The molecule has 0 amide bonds. The van der Waals surface area contributed by atoms with Crippen LogP contribution >= 0.6 is 0 Å². The van der Waals surface area contributed by atoms with Gasteiger partial charge >= 0.3 is 0 Å². The van der Waals surface area contributed by atoms with E-state index >= 15 is 0 Å². The van der Waals surface area contributed by atoms with Gasteiger partial charge < -0.3 is 14.3 Å². The number of aromatic amines is 1. The molecule has 0 spiro atoms. The van der Waals surface area contributed by atoms with Gasteiger partial charge in [-0.1, -0.05) is 66.7 Å².